The normalized spacial score (nSPS) is 14.1. The molecule has 2 aromatic rings. The predicted octanol–water partition coefficient (Wildman–Crippen LogP) is 2.36. The first kappa shape index (κ1) is 13.6. The lowest BCUT2D eigenvalue weighted by Gasteiger charge is -2.23. The Balaban J connectivity index is 2.16. The summed E-state index contributed by atoms with van der Waals surface area (Å²) in [5.74, 6) is 0.790. The molecule has 1 heterocycles. The fourth-order valence-corrected chi connectivity index (χ4v) is 2.12. The highest BCUT2D eigenvalue weighted by Crippen LogP contribution is 2.26. The fraction of sp³-hybridized carbons (Fsp3) is 0.400. The van der Waals surface area contributed by atoms with Gasteiger partial charge in [0, 0.05) is 19.2 Å². The van der Waals surface area contributed by atoms with Crippen molar-refractivity contribution in [3.63, 3.8) is 0 Å². The summed E-state index contributed by atoms with van der Waals surface area (Å²) in [4.78, 5) is 0. The zero-order valence-electron chi connectivity index (χ0n) is 11.6. The van der Waals surface area contributed by atoms with Crippen LogP contribution in [0.2, 0.25) is 0 Å². The van der Waals surface area contributed by atoms with Crippen molar-refractivity contribution in [1.29, 1.82) is 0 Å². The van der Waals surface area contributed by atoms with Crippen LogP contribution in [-0.2, 0) is 18.6 Å². The molecule has 1 atom stereocenters. The first-order valence-electron chi connectivity index (χ1n) is 6.43. The molecule has 0 saturated heterocycles. The minimum Gasteiger partial charge on any atom is -0.497 e. The van der Waals surface area contributed by atoms with Crippen LogP contribution in [0, 0.1) is 0 Å². The van der Waals surface area contributed by atoms with Crippen LogP contribution in [0.4, 0.5) is 0 Å². The molecule has 4 heteroatoms. The first-order chi connectivity index (χ1) is 9.05. The molecule has 0 aliphatic carbocycles. The smallest absolute Gasteiger partial charge is 0.118 e. The number of benzene rings is 1. The molecular weight excluding hydrogens is 240 g/mol. The van der Waals surface area contributed by atoms with Gasteiger partial charge in [-0.25, -0.2) is 0 Å². The summed E-state index contributed by atoms with van der Waals surface area (Å²) < 4.78 is 6.98. The Labute approximate surface area is 113 Å². The van der Waals surface area contributed by atoms with Gasteiger partial charge >= 0.3 is 0 Å². The minimum atomic E-state index is -0.909. The number of aliphatic hydroxyl groups is 1. The van der Waals surface area contributed by atoms with E-state index in [1.165, 1.54) is 0 Å². The molecule has 102 valence electrons. The van der Waals surface area contributed by atoms with Gasteiger partial charge in [-0.15, -0.1) is 0 Å². The second-order valence-electron chi connectivity index (χ2n) is 4.88. The molecule has 0 saturated carbocycles. The summed E-state index contributed by atoms with van der Waals surface area (Å²) in [5, 5.41) is 14.8. The van der Waals surface area contributed by atoms with Crippen molar-refractivity contribution in [1.82, 2.24) is 9.78 Å². The molecule has 2 rings (SSSR count). The molecule has 0 radical (unpaired) electrons. The van der Waals surface area contributed by atoms with Gasteiger partial charge in [-0.1, -0.05) is 12.1 Å². The number of nitrogens with zero attached hydrogens (tertiary/aromatic N) is 2. The lowest BCUT2D eigenvalue weighted by molar-refractivity contribution is 0.0575. The van der Waals surface area contributed by atoms with E-state index in [2.05, 4.69) is 5.10 Å². The highest BCUT2D eigenvalue weighted by Gasteiger charge is 2.24. The van der Waals surface area contributed by atoms with Crippen molar-refractivity contribution >= 4 is 0 Å². The number of hydrogen-bond donors (Lipinski definition) is 1. The van der Waals surface area contributed by atoms with Gasteiger partial charge in [-0.05, 0) is 37.1 Å². The van der Waals surface area contributed by atoms with Gasteiger partial charge in [0.1, 0.15) is 5.75 Å². The van der Waals surface area contributed by atoms with E-state index in [0.717, 1.165) is 23.4 Å². The van der Waals surface area contributed by atoms with E-state index in [9.17, 15) is 5.11 Å². The van der Waals surface area contributed by atoms with Gasteiger partial charge in [0.15, 0.2) is 0 Å². The maximum atomic E-state index is 10.6. The van der Waals surface area contributed by atoms with Crippen LogP contribution in [0.1, 0.15) is 25.0 Å². The molecule has 4 nitrogen and oxygen atoms in total. The zero-order valence-corrected chi connectivity index (χ0v) is 11.6. The number of hydrogen-bond acceptors (Lipinski definition) is 3. The Hall–Kier alpha value is -1.81. The van der Waals surface area contributed by atoms with Crippen molar-refractivity contribution in [3.05, 3.63) is 47.8 Å². The Morgan fingerprint density at radius 3 is 2.53 bits per heavy atom. The van der Waals surface area contributed by atoms with Crippen molar-refractivity contribution in [2.75, 3.05) is 7.11 Å². The monoisotopic (exact) mass is 260 g/mol. The number of aryl methyl sites for hydroxylation is 1. The van der Waals surface area contributed by atoms with Crippen molar-refractivity contribution in [3.8, 4) is 5.75 Å². The van der Waals surface area contributed by atoms with E-state index in [1.54, 1.807) is 7.11 Å². The van der Waals surface area contributed by atoms with Crippen LogP contribution in [0.15, 0.2) is 36.7 Å². The molecular formula is C15H20N2O2. The highest BCUT2D eigenvalue weighted by molar-refractivity contribution is 5.31. The van der Waals surface area contributed by atoms with Crippen LogP contribution in [0.5, 0.6) is 5.75 Å². The second-order valence-corrected chi connectivity index (χ2v) is 4.88. The van der Waals surface area contributed by atoms with Gasteiger partial charge < -0.3 is 9.84 Å². The van der Waals surface area contributed by atoms with Crippen molar-refractivity contribution < 1.29 is 9.84 Å². The standard InChI is InChI=1S/C15H20N2O2/c1-4-17-11-12(10-16-17)9-15(2,18)13-5-7-14(19-3)8-6-13/h5-8,10-11,18H,4,9H2,1-3H3. The lowest BCUT2D eigenvalue weighted by atomic mass is 9.90. The zero-order chi connectivity index (χ0) is 13.9. The third-order valence-electron chi connectivity index (χ3n) is 3.27. The minimum absolute atomic E-state index is 0.541. The van der Waals surface area contributed by atoms with E-state index >= 15 is 0 Å². The summed E-state index contributed by atoms with van der Waals surface area (Å²) in [6, 6.07) is 7.50. The Bertz CT molecular complexity index is 529. The van der Waals surface area contributed by atoms with E-state index in [1.807, 2.05) is 55.2 Å². The van der Waals surface area contributed by atoms with Crippen molar-refractivity contribution in [2.24, 2.45) is 0 Å². The van der Waals surface area contributed by atoms with Crippen molar-refractivity contribution in [2.45, 2.75) is 32.4 Å². The third-order valence-corrected chi connectivity index (χ3v) is 3.27. The number of ether oxygens (including phenoxy) is 1. The van der Waals surface area contributed by atoms with Crippen LogP contribution in [0.3, 0.4) is 0 Å². The summed E-state index contributed by atoms with van der Waals surface area (Å²) in [7, 11) is 1.63. The molecule has 1 aromatic heterocycles. The van der Waals surface area contributed by atoms with Gasteiger partial charge in [0.2, 0.25) is 0 Å². The highest BCUT2D eigenvalue weighted by atomic mass is 16.5. The quantitative estimate of drug-likeness (QED) is 0.897. The van der Waals surface area contributed by atoms with Gasteiger partial charge in [-0.3, -0.25) is 4.68 Å². The summed E-state index contributed by atoms with van der Waals surface area (Å²) in [6.45, 7) is 4.70. The van der Waals surface area contributed by atoms with Crippen LogP contribution >= 0.6 is 0 Å². The van der Waals surface area contributed by atoms with Gasteiger partial charge in [-0.2, -0.15) is 5.10 Å². The molecule has 1 N–H and O–H groups in total. The molecule has 1 unspecified atom stereocenters. The number of aromatic nitrogens is 2. The maximum absolute atomic E-state index is 10.6. The van der Waals surface area contributed by atoms with E-state index < -0.39 is 5.60 Å². The Morgan fingerprint density at radius 2 is 2.00 bits per heavy atom. The van der Waals surface area contributed by atoms with E-state index in [0.29, 0.717) is 6.42 Å². The SMILES string of the molecule is CCn1cc(CC(C)(O)c2ccc(OC)cc2)cn1. The van der Waals surface area contributed by atoms with Gasteiger partial charge in [0.05, 0.1) is 18.9 Å². The fourth-order valence-electron chi connectivity index (χ4n) is 2.12. The summed E-state index contributed by atoms with van der Waals surface area (Å²) in [5.41, 5.74) is 0.994. The molecule has 0 aliphatic heterocycles. The van der Waals surface area contributed by atoms with E-state index in [-0.39, 0.29) is 0 Å². The predicted molar refractivity (Wildman–Crippen MR) is 74.2 cm³/mol. The first-order valence-corrected chi connectivity index (χ1v) is 6.43. The largest absolute Gasteiger partial charge is 0.497 e. The molecule has 0 spiro atoms. The maximum Gasteiger partial charge on any atom is 0.118 e. The van der Waals surface area contributed by atoms with Crippen LogP contribution in [0.25, 0.3) is 0 Å². The second kappa shape index (κ2) is 5.45. The Kier molecular flexibility index (Phi) is 3.90. The Morgan fingerprint density at radius 1 is 1.32 bits per heavy atom. The van der Waals surface area contributed by atoms with Crippen LogP contribution in [-0.4, -0.2) is 22.0 Å². The summed E-state index contributed by atoms with van der Waals surface area (Å²) >= 11 is 0. The topological polar surface area (TPSA) is 47.3 Å². The molecule has 0 aliphatic rings. The van der Waals surface area contributed by atoms with E-state index in [4.69, 9.17) is 4.74 Å². The van der Waals surface area contributed by atoms with Crippen LogP contribution < -0.4 is 4.74 Å². The average Bonchev–Trinajstić information content (AvgIpc) is 2.85. The summed E-state index contributed by atoms with van der Waals surface area (Å²) in [6.07, 6.45) is 4.32. The molecule has 0 bridgehead atoms. The number of rotatable bonds is 5. The third kappa shape index (κ3) is 3.15. The molecule has 0 fully saturated rings. The lowest BCUT2D eigenvalue weighted by Crippen LogP contribution is -2.24. The number of methoxy groups -OCH3 is 1. The average molecular weight is 260 g/mol. The van der Waals surface area contributed by atoms with Gasteiger partial charge in [0.25, 0.3) is 0 Å². The molecule has 19 heavy (non-hydrogen) atoms. The molecule has 1 aromatic carbocycles. The molecule has 0 amide bonds.